The van der Waals surface area contributed by atoms with Gasteiger partial charge in [0.1, 0.15) is 0 Å². The molecule has 0 rings (SSSR count). The maximum absolute atomic E-state index is 13.4. The summed E-state index contributed by atoms with van der Waals surface area (Å²) in [7, 11) is 1.96. The zero-order valence-electron chi connectivity index (χ0n) is 23.5. The third-order valence-corrected chi connectivity index (χ3v) is 6.20. The maximum atomic E-state index is 13.4. The van der Waals surface area contributed by atoms with E-state index in [1.807, 2.05) is 11.9 Å². The summed E-state index contributed by atoms with van der Waals surface area (Å²) < 4.78 is 0. The first kappa shape index (κ1) is 31.9. The molecule has 0 aromatic carbocycles. The zero-order chi connectivity index (χ0) is 24.9. The molecule has 0 saturated heterocycles. The fourth-order valence-electron chi connectivity index (χ4n) is 3.95. The largest absolute Gasteiger partial charge is 0.327 e. The van der Waals surface area contributed by atoms with Crippen LogP contribution in [0.5, 0.6) is 0 Å². The lowest BCUT2D eigenvalue weighted by molar-refractivity contribution is 0.111. The molecule has 2 amide bonds. The Morgan fingerprint density at radius 2 is 1.09 bits per heavy atom. The number of nitrogens with zero attached hydrogens (tertiary/aromatic N) is 4. The van der Waals surface area contributed by atoms with Gasteiger partial charge in [0.25, 0.3) is 0 Å². The molecule has 196 valence electrons. The topological polar surface area (TPSA) is 30.0 Å². The van der Waals surface area contributed by atoms with Gasteiger partial charge in [0, 0.05) is 20.1 Å². The smallest absolute Gasteiger partial charge is 0.320 e. The van der Waals surface area contributed by atoms with E-state index in [1.165, 1.54) is 70.0 Å². The molecule has 0 aliphatic rings. The Morgan fingerprint density at radius 1 is 0.636 bits per heavy atom. The van der Waals surface area contributed by atoms with Crippen molar-refractivity contribution < 1.29 is 4.79 Å². The van der Waals surface area contributed by atoms with Gasteiger partial charge in [-0.1, -0.05) is 65.0 Å². The third kappa shape index (κ3) is 17.1. The summed E-state index contributed by atoms with van der Waals surface area (Å²) in [5, 5.41) is 0. The third-order valence-electron chi connectivity index (χ3n) is 6.20. The molecule has 0 bridgehead atoms. The maximum Gasteiger partial charge on any atom is 0.320 e. The van der Waals surface area contributed by atoms with Crippen LogP contribution in [0.15, 0.2) is 11.6 Å². The van der Waals surface area contributed by atoms with Gasteiger partial charge in [0.2, 0.25) is 0 Å². The van der Waals surface area contributed by atoms with Crippen molar-refractivity contribution in [1.29, 1.82) is 0 Å². The lowest BCUT2D eigenvalue weighted by Crippen LogP contribution is -2.48. The van der Waals surface area contributed by atoms with Gasteiger partial charge in [0.15, 0.2) is 0 Å². The quantitative estimate of drug-likeness (QED) is 0.137. The standard InChI is InChI=1S/C28H58N4O/c1-8-12-20-30(21-13-9-2)24-17-25-32(26-31(22-14-10-3)23-15-11-4)28(33)29(7)19-16-18-27(5)6/h18H,8-17,19-26H2,1-7H3. The van der Waals surface area contributed by atoms with Crippen LogP contribution in [0.2, 0.25) is 0 Å². The van der Waals surface area contributed by atoms with E-state index in [-0.39, 0.29) is 6.03 Å². The van der Waals surface area contributed by atoms with Gasteiger partial charge in [-0.05, 0) is 85.1 Å². The first-order chi connectivity index (χ1) is 15.9. The van der Waals surface area contributed by atoms with E-state index in [9.17, 15) is 4.79 Å². The number of hydrogen-bond donors (Lipinski definition) is 0. The lowest BCUT2D eigenvalue weighted by Gasteiger charge is -2.34. The molecular weight excluding hydrogens is 408 g/mol. The number of rotatable bonds is 21. The molecule has 0 aliphatic carbocycles. The zero-order valence-corrected chi connectivity index (χ0v) is 23.5. The highest BCUT2D eigenvalue weighted by Crippen LogP contribution is 2.08. The van der Waals surface area contributed by atoms with E-state index in [0.29, 0.717) is 0 Å². The second-order valence-electron chi connectivity index (χ2n) is 9.91. The number of amides is 2. The van der Waals surface area contributed by atoms with E-state index < -0.39 is 0 Å². The van der Waals surface area contributed by atoms with E-state index in [1.54, 1.807) is 0 Å². The summed E-state index contributed by atoms with van der Waals surface area (Å²) in [6, 6.07) is 0.184. The number of unbranched alkanes of at least 4 members (excludes halogenated alkanes) is 4. The van der Waals surface area contributed by atoms with Gasteiger partial charge in [-0.2, -0.15) is 0 Å². The summed E-state index contributed by atoms with van der Waals surface area (Å²) in [5.74, 6) is 0. The van der Waals surface area contributed by atoms with Gasteiger partial charge in [-0.25, -0.2) is 4.79 Å². The van der Waals surface area contributed by atoms with E-state index in [0.717, 1.165) is 52.2 Å². The molecular formula is C28H58N4O. The van der Waals surface area contributed by atoms with Gasteiger partial charge < -0.3 is 14.7 Å². The van der Waals surface area contributed by atoms with Crippen molar-refractivity contribution in [3.8, 4) is 0 Å². The minimum Gasteiger partial charge on any atom is -0.327 e. The fourth-order valence-corrected chi connectivity index (χ4v) is 3.95. The summed E-state index contributed by atoms with van der Waals surface area (Å²) in [4.78, 5) is 22.6. The van der Waals surface area contributed by atoms with Crippen LogP contribution in [0, 0.1) is 0 Å². The summed E-state index contributed by atoms with van der Waals surface area (Å²) in [6.45, 7) is 21.3. The first-order valence-electron chi connectivity index (χ1n) is 14.0. The fraction of sp³-hybridized carbons (Fsp3) is 0.893. The summed E-state index contributed by atoms with van der Waals surface area (Å²) >= 11 is 0. The van der Waals surface area contributed by atoms with Crippen LogP contribution in [0.1, 0.15) is 106 Å². The number of allylic oxidation sites excluding steroid dienone is 1. The van der Waals surface area contributed by atoms with Crippen LogP contribution in [0.25, 0.3) is 0 Å². The Hall–Kier alpha value is -1.07. The van der Waals surface area contributed by atoms with Crippen molar-refractivity contribution in [3.05, 3.63) is 11.6 Å². The van der Waals surface area contributed by atoms with Gasteiger partial charge in [0.05, 0.1) is 6.67 Å². The van der Waals surface area contributed by atoms with Crippen LogP contribution in [-0.2, 0) is 0 Å². The lowest BCUT2D eigenvalue weighted by atomic mass is 10.2. The van der Waals surface area contributed by atoms with Crippen molar-refractivity contribution >= 4 is 6.03 Å². The molecule has 0 radical (unpaired) electrons. The molecule has 0 N–H and O–H groups in total. The Balaban J connectivity index is 5.14. The minimum absolute atomic E-state index is 0.184. The Bertz CT molecular complexity index is 474. The van der Waals surface area contributed by atoms with Crippen molar-refractivity contribution in [1.82, 2.24) is 19.6 Å². The van der Waals surface area contributed by atoms with Crippen molar-refractivity contribution in [2.45, 2.75) is 106 Å². The summed E-state index contributed by atoms with van der Waals surface area (Å²) in [5.41, 5.74) is 1.32. The molecule has 5 heteroatoms. The number of carbonyl (C=O) groups is 1. The number of carbonyl (C=O) groups excluding carboxylic acids is 1. The molecule has 0 spiro atoms. The molecule has 0 saturated carbocycles. The molecule has 0 aromatic heterocycles. The summed E-state index contributed by atoms with van der Waals surface area (Å²) in [6.07, 6.45) is 14.0. The second kappa shape index (κ2) is 21.5. The number of urea groups is 1. The SMILES string of the molecule is CCCCN(CCCC)CCCN(CN(CCCC)CCCC)C(=O)N(C)CCC=C(C)C. The highest BCUT2D eigenvalue weighted by atomic mass is 16.2. The monoisotopic (exact) mass is 466 g/mol. The number of hydrogen-bond acceptors (Lipinski definition) is 3. The van der Waals surface area contributed by atoms with Crippen LogP contribution in [0.4, 0.5) is 4.79 Å². The van der Waals surface area contributed by atoms with Crippen molar-refractivity contribution in [2.24, 2.45) is 0 Å². The predicted molar refractivity (Wildman–Crippen MR) is 146 cm³/mol. The second-order valence-corrected chi connectivity index (χ2v) is 9.91. The highest BCUT2D eigenvalue weighted by molar-refractivity contribution is 5.74. The Labute approximate surface area is 207 Å². The predicted octanol–water partition coefficient (Wildman–Crippen LogP) is 6.85. The van der Waals surface area contributed by atoms with Crippen molar-refractivity contribution in [3.63, 3.8) is 0 Å². The van der Waals surface area contributed by atoms with Gasteiger partial charge in [-0.15, -0.1) is 0 Å². The molecule has 0 unspecified atom stereocenters. The van der Waals surface area contributed by atoms with Crippen LogP contribution >= 0.6 is 0 Å². The van der Waals surface area contributed by atoms with Gasteiger partial charge >= 0.3 is 6.03 Å². The van der Waals surface area contributed by atoms with Crippen LogP contribution in [-0.4, -0.2) is 85.2 Å². The molecule has 0 atom stereocenters. The average Bonchev–Trinajstić information content (AvgIpc) is 2.80. The van der Waals surface area contributed by atoms with Crippen molar-refractivity contribution in [2.75, 3.05) is 59.5 Å². The van der Waals surface area contributed by atoms with E-state index in [4.69, 9.17) is 0 Å². The molecule has 0 fully saturated rings. The molecule has 0 heterocycles. The molecule has 5 nitrogen and oxygen atoms in total. The minimum atomic E-state index is 0.184. The Morgan fingerprint density at radius 3 is 1.55 bits per heavy atom. The molecule has 33 heavy (non-hydrogen) atoms. The Kier molecular flexibility index (Phi) is 20.8. The van der Waals surface area contributed by atoms with E-state index in [2.05, 4.69) is 62.3 Å². The van der Waals surface area contributed by atoms with E-state index >= 15 is 0 Å². The van der Waals surface area contributed by atoms with Crippen LogP contribution in [0.3, 0.4) is 0 Å². The van der Waals surface area contributed by atoms with Gasteiger partial charge in [-0.3, -0.25) is 4.90 Å². The molecule has 0 aliphatic heterocycles. The highest BCUT2D eigenvalue weighted by Gasteiger charge is 2.20. The van der Waals surface area contributed by atoms with Crippen LogP contribution < -0.4 is 0 Å². The average molecular weight is 467 g/mol. The first-order valence-corrected chi connectivity index (χ1v) is 14.0. The molecule has 0 aromatic rings. The normalized spacial score (nSPS) is 11.3.